The molecule has 21 heavy (non-hydrogen) atoms. The summed E-state index contributed by atoms with van der Waals surface area (Å²) >= 11 is 0. The van der Waals surface area contributed by atoms with Crippen molar-refractivity contribution < 1.29 is 13.2 Å². The number of halogens is 3. The zero-order valence-corrected chi connectivity index (χ0v) is 12.6. The Hall–Kier alpha value is -1.11. The van der Waals surface area contributed by atoms with E-state index in [4.69, 9.17) is 0 Å². The number of aryl methyl sites for hydroxylation is 1. The Morgan fingerprint density at radius 2 is 1.95 bits per heavy atom. The zero-order valence-electron chi connectivity index (χ0n) is 12.6. The van der Waals surface area contributed by atoms with E-state index in [0.717, 1.165) is 18.8 Å². The molecular weight excluding hydrogens is 281 g/mol. The lowest BCUT2D eigenvalue weighted by Gasteiger charge is -2.35. The Morgan fingerprint density at radius 1 is 1.29 bits per heavy atom. The van der Waals surface area contributed by atoms with Gasteiger partial charge in [0.15, 0.2) is 0 Å². The number of rotatable bonds is 5. The molecule has 0 aliphatic heterocycles. The molecule has 2 rings (SSSR count). The zero-order chi connectivity index (χ0) is 15.5. The second-order valence-corrected chi connectivity index (χ2v) is 5.86. The number of nitrogens with zero attached hydrogens (tertiary/aromatic N) is 4. The maximum atomic E-state index is 12.7. The summed E-state index contributed by atoms with van der Waals surface area (Å²) in [5.74, 6) is -0.233. The number of alkyl halides is 3. The summed E-state index contributed by atoms with van der Waals surface area (Å²) in [6.07, 6.45) is 0.159. The van der Waals surface area contributed by atoms with E-state index in [2.05, 4.69) is 21.9 Å². The minimum absolute atomic E-state index is 0.204. The van der Waals surface area contributed by atoms with Crippen LogP contribution in [0.3, 0.4) is 0 Å². The van der Waals surface area contributed by atoms with Crippen LogP contribution in [0.2, 0.25) is 0 Å². The first-order valence-electron chi connectivity index (χ1n) is 7.55. The molecule has 0 aromatic carbocycles. The van der Waals surface area contributed by atoms with Gasteiger partial charge in [-0.25, -0.2) is 9.67 Å². The molecule has 1 aromatic rings. The summed E-state index contributed by atoms with van der Waals surface area (Å²) < 4.78 is 39.9. The average molecular weight is 304 g/mol. The summed E-state index contributed by atoms with van der Waals surface area (Å²) in [6, 6.07) is 0.204. The van der Waals surface area contributed by atoms with Crippen molar-refractivity contribution in [1.29, 1.82) is 0 Å². The van der Waals surface area contributed by atoms with Gasteiger partial charge in [0.2, 0.25) is 0 Å². The maximum absolute atomic E-state index is 12.7. The highest BCUT2D eigenvalue weighted by molar-refractivity contribution is 4.88. The quantitative estimate of drug-likeness (QED) is 0.837. The van der Waals surface area contributed by atoms with Crippen LogP contribution in [-0.4, -0.2) is 38.9 Å². The Labute approximate surface area is 123 Å². The fraction of sp³-hybridized carbons (Fsp3) is 0.857. The van der Waals surface area contributed by atoms with Gasteiger partial charge < -0.3 is 0 Å². The molecule has 1 aromatic heterocycles. The van der Waals surface area contributed by atoms with Crippen molar-refractivity contribution in [2.24, 2.45) is 5.92 Å². The lowest BCUT2D eigenvalue weighted by molar-refractivity contribution is -0.184. The first kappa shape index (κ1) is 16.3. The molecule has 0 bridgehead atoms. The molecule has 1 aliphatic carbocycles. The van der Waals surface area contributed by atoms with E-state index in [-0.39, 0.29) is 18.9 Å². The third-order valence-electron chi connectivity index (χ3n) is 4.30. The topological polar surface area (TPSA) is 34.0 Å². The molecule has 0 radical (unpaired) electrons. The third kappa shape index (κ3) is 4.18. The van der Waals surface area contributed by atoms with Gasteiger partial charge >= 0.3 is 6.18 Å². The van der Waals surface area contributed by atoms with E-state index in [1.165, 1.54) is 0 Å². The molecule has 1 saturated carbocycles. The molecule has 0 spiro atoms. The summed E-state index contributed by atoms with van der Waals surface area (Å²) in [6.45, 7) is 3.54. The third-order valence-corrected chi connectivity index (χ3v) is 4.30. The number of aromatic nitrogens is 3. The van der Waals surface area contributed by atoms with E-state index in [1.807, 2.05) is 11.7 Å². The van der Waals surface area contributed by atoms with Gasteiger partial charge in [-0.05, 0) is 39.2 Å². The van der Waals surface area contributed by atoms with E-state index >= 15 is 0 Å². The van der Waals surface area contributed by atoms with Gasteiger partial charge in [0.25, 0.3) is 0 Å². The van der Waals surface area contributed by atoms with Gasteiger partial charge in [0, 0.05) is 12.6 Å². The van der Waals surface area contributed by atoms with Crippen LogP contribution in [-0.2, 0) is 13.1 Å². The Kier molecular flexibility index (Phi) is 5.24. The highest BCUT2D eigenvalue weighted by Gasteiger charge is 2.41. The van der Waals surface area contributed by atoms with Gasteiger partial charge in [-0.15, -0.1) is 0 Å². The van der Waals surface area contributed by atoms with Crippen molar-refractivity contribution in [2.75, 3.05) is 7.05 Å². The van der Waals surface area contributed by atoms with Crippen LogP contribution >= 0.6 is 0 Å². The molecule has 1 aliphatic rings. The molecule has 4 nitrogen and oxygen atoms in total. The molecule has 0 amide bonds. The van der Waals surface area contributed by atoms with Crippen molar-refractivity contribution in [1.82, 2.24) is 19.7 Å². The predicted molar refractivity (Wildman–Crippen MR) is 73.6 cm³/mol. The van der Waals surface area contributed by atoms with E-state index in [9.17, 15) is 13.2 Å². The van der Waals surface area contributed by atoms with Gasteiger partial charge in [0.05, 0.1) is 12.5 Å². The monoisotopic (exact) mass is 304 g/mol. The Balaban J connectivity index is 1.87. The van der Waals surface area contributed by atoms with Gasteiger partial charge in [-0.3, -0.25) is 4.90 Å². The lowest BCUT2D eigenvalue weighted by Crippen LogP contribution is -2.38. The standard InChI is InChI=1S/C14H23F3N4/c1-3-8-21-13(18-10-19-21)9-20(2)12-6-4-11(5-7-12)14(15,16)17/h10-12H,3-9H2,1-2H3. The first-order valence-corrected chi connectivity index (χ1v) is 7.55. The maximum Gasteiger partial charge on any atom is 0.391 e. The van der Waals surface area contributed by atoms with Gasteiger partial charge in [-0.2, -0.15) is 18.3 Å². The number of hydrogen-bond donors (Lipinski definition) is 0. The molecule has 7 heteroatoms. The van der Waals surface area contributed by atoms with Crippen LogP contribution in [0, 0.1) is 5.92 Å². The summed E-state index contributed by atoms with van der Waals surface area (Å²) in [5.41, 5.74) is 0. The van der Waals surface area contributed by atoms with Crippen LogP contribution in [0.5, 0.6) is 0 Å². The predicted octanol–water partition coefficient (Wildman–Crippen LogP) is 3.24. The largest absolute Gasteiger partial charge is 0.391 e. The minimum Gasteiger partial charge on any atom is -0.296 e. The fourth-order valence-corrected chi connectivity index (χ4v) is 3.01. The van der Waals surface area contributed by atoms with Crippen molar-refractivity contribution >= 4 is 0 Å². The van der Waals surface area contributed by atoms with Crippen LogP contribution < -0.4 is 0 Å². The molecule has 1 fully saturated rings. The lowest BCUT2D eigenvalue weighted by atomic mass is 9.85. The normalized spacial score (nSPS) is 23.7. The Morgan fingerprint density at radius 3 is 2.52 bits per heavy atom. The smallest absolute Gasteiger partial charge is 0.296 e. The molecule has 1 heterocycles. The van der Waals surface area contributed by atoms with Crippen molar-refractivity contribution in [3.8, 4) is 0 Å². The molecule has 0 N–H and O–H groups in total. The highest BCUT2D eigenvalue weighted by atomic mass is 19.4. The van der Waals surface area contributed by atoms with Crippen molar-refractivity contribution in [3.63, 3.8) is 0 Å². The average Bonchev–Trinajstić information content (AvgIpc) is 2.86. The first-order chi connectivity index (χ1) is 9.91. The van der Waals surface area contributed by atoms with Crippen molar-refractivity contribution in [2.45, 2.75) is 64.3 Å². The summed E-state index contributed by atoms with van der Waals surface area (Å²) in [7, 11) is 1.96. The SMILES string of the molecule is CCCn1ncnc1CN(C)C1CCC(C(F)(F)F)CC1. The Bertz CT molecular complexity index is 436. The minimum atomic E-state index is -4.04. The summed E-state index contributed by atoms with van der Waals surface area (Å²) in [4.78, 5) is 6.37. The molecule has 0 saturated heterocycles. The van der Waals surface area contributed by atoms with Crippen LogP contribution in [0.25, 0.3) is 0 Å². The molecular formula is C14H23F3N4. The van der Waals surface area contributed by atoms with Crippen LogP contribution in [0.15, 0.2) is 6.33 Å². The van der Waals surface area contributed by atoms with Gasteiger partial charge in [0.1, 0.15) is 12.2 Å². The van der Waals surface area contributed by atoms with E-state index in [0.29, 0.717) is 19.4 Å². The van der Waals surface area contributed by atoms with Crippen LogP contribution in [0.4, 0.5) is 13.2 Å². The van der Waals surface area contributed by atoms with Crippen molar-refractivity contribution in [3.05, 3.63) is 12.2 Å². The second kappa shape index (κ2) is 6.77. The van der Waals surface area contributed by atoms with E-state index < -0.39 is 12.1 Å². The number of hydrogen-bond acceptors (Lipinski definition) is 3. The van der Waals surface area contributed by atoms with Gasteiger partial charge in [-0.1, -0.05) is 6.92 Å². The molecule has 120 valence electrons. The highest BCUT2D eigenvalue weighted by Crippen LogP contribution is 2.38. The molecule has 0 atom stereocenters. The van der Waals surface area contributed by atoms with Crippen LogP contribution in [0.1, 0.15) is 44.9 Å². The molecule has 0 unspecified atom stereocenters. The summed E-state index contributed by atoms with van der Waals surface area (Å²) in [5, 5.41) is 4.18. The fourth-order valence-electron chi connectivity index (χ4n) is 3.01. The second-order valence-electron chi connectivity index (χ2n) is 5.86. The van der Waals surface area contributed by atoms with E-state index in [1.54, 1.807) is 6.33 Å².